The average Bonchev–Trinajstić information content (AvgIpc) is 2.89. The molecule has 1 aliphatic carbocycles. The summed E-state index contributed by atoms with van der Waals surface area (Å²) in [7, 11) is 0. The van der Waals surface area contributed by atoms with Gasteiger partial charge in [-0.3, -0.25) is 4.79 Å². The van der Waals surface area contributed by atoms with Gasteiger partial charge in [-0.25, -0.2) is 4.79 Å². The number of rotatable bonds is 4. The number of amides is 1. The molecule has 0 aliphatic heterocycles. The normalized spacial score (nSPS) is 17.1. The molecule has 0 bridgehead atoms. The van der Waals surface area contributed by atoms with Crippen LogP contribution < -0.4 is 5.32 Å². The Balaban J connectivity index is 2.12. The second-order valence-corrected chi connectivity index (χ2v) is 5.18. The van der Waals surface area contributed by atoms with Gasteiger partial charge in [-0.2, -0.15) is 0 Å². The van der Waals surface area contributed by atoms with E-state index < -0.39 is 12.0 Å². The number of nitrogens with one attached hydrogen (secondary N) is 1. The van der Waals surface area contributed by atoms with Crippen LogP contribution in [-0.2, 0) is 9.59 Å². The lowest BCUT2D eigenvalue weighted by atomic mass is 10.0. The number of carbonyl (C=O) groups is 2. The van der Waals surface area contributed by atoms with E-state index in [1.54, 1.807) is 12.1 Å². The van der Waals surface area contributed by atoms with Gasteiger partial charge in [0.1, 0.15) is 0 Å². The number of aliphatic carboxylic acids is 1. The van der Waals surface area contributed by atoms with Crippen molar-refractivity contribution in [2.45, 2.75) is 38.6 Å². The molecule has 2 rings (SSSR count). The van der Waals surface area contributed by atoms with Crippen LogP contribution in [-0.4, -0.2) is 17.0 Å². The van der Waals surface area contributed by atoms with Crippen molar-refractivity contribution in [3.8, 4) is 0 Å². The fourth-order valence-electron chi connectivity index (χ4n) is 2.59. The first-order valence-electron chi connectivity index (χ1n) is 6.67. The van der Waals surface area contributed by atoms with Gasteiger partial charge in [0.2, 0.25) is 5.91 Å². The van der Waals surface area contributed by atoms with Gasteiger partial charge in [0, 0.05) is 5.92 Å². The Bertz CT molecular complexity index is 478. The summed E-state index contributed by atoms with van der Waals surface area (Å²) in [4.78, 5) is 23.4. The maximum absolute atomic E-state index is 12.0. The van der Waals surface area contributed by atoms with Crippen molar-refractivity contribution in [1.82, 2.24) is 5.32 Å². The van der Waals surface area contributed by atoms with Gasteiger partial charge in [0.15, 0.2) is 6.04 Å². The molecular weight excluding hydrogens is 242 g/mol. The quantitative estimate of drug-likeness (QED) is 0.874. The molecule has 0 heterocycles. The SMILES string of the molecule is Cc1cccc(C(NC(=O)C2CCCC2)C(=O)O)c1. The summed E-state index contributed by atoms with van der Waals surface area (Å²) in [5.41, 5.74) is 1.61. The first-order chi connectivity index (χ1) is 9.08. The van der Waals surface area contributed by atoms with E-state index in [2.05, 4.69) is 5.32 Å². The average molecular weight is 261 g/mol. The fraction of sp³-hybridized carbons (Fsp3) is 0.467. The molecule has 1 saturated carbocycles. The van der Waals surface area contributed by atoms with E-state index in [9.17, 15) is 14.7 Å². The maximum Gasteiger partial charge on any atom is 0.330 e. The number of carboxylic acid groups (broad SMARTS) is 1. The van der Waals surface area contributed by atoms with Crippen molar-refractivity contribution >= 4 is 11.9 Å². The van der Waals surface area contributed by atoms with Crippen LogP contribution >= 0.6 is 0 Å². The van der Waals surface area contributed by atoms with Crippen molar-refractivity contribution in [1.29, 1.82) is 0 Å². The van der Waals surface area contributed by atoms with E-state index in [1.807, 2.05) is 19.1 Å². The van der Waals surface area contributed by atoms with Crippen LogP contribution in [0.2, 0.25) is 0 Å². The van der Waals surface area contributed by atoms with Crippen molar-refractivity contribution in [3.05, 3.63) is 35.4 Å². The number of hydrogen-bond donors (Lipinski definition) is 2. The molecule has 1 fully saturated rings. The smallest absolute Gasteiger partial charge is 0.330 e. The summed E-state index contributed by atoms with van der Waals surface area (Å²) in [6.07, 6.45) is 3.85. The monoisotopic (exact) mass is 261 g/mol. The second kappa shape index (κ2) is 5.87. The molecule has 1 amide bonds. The highest BCUT2D eigenvalue weighted by molar-refractivity contribution is 5.86. The molecule has 1 unspecified atom stereocenters. The Kier molecular flexibility index (Phi) is 4.20. The van der Waals surface area contributed by atoms with Crippen molar-refractivity contribution in [2.75, 3.05) is 0 Å². The van der Waals surface area contributed by atoms with E-state index in [4.69, 9.17) is 0 Å². The molecule has 0 aromatic heterocycles. The largest absolute Gasteiger partial charge is 0.479 e. The third kappa shape index (κ3) is 3.34. The van der Waals surface area contributed by atoms with E-state index in [-0.39, 0.29) is 11.8 Å². The summed E-state index contributed by atoms with van der Waals surface area (Å²) >= 11 is 0. The highest BCUT2D eigenvalue weighted by Gasteiger charge is 2.28. The molecule has 1 atom stereocenters. The van der Waals surface area contributed by atoms with Gasteiger partial charge in [0.25, 0.3) is 0 Å². The van der Waals surface area contributed by atoms with Crippen molar-refractivity contribution in [3.63, 3.8) is 0 Å². The Hall–Kier alpha value is -1.84. The van der Waals surface area contributed by atoms with Gasteiger partial charge >= 0.3 is 5.97 Å². The number of aryl methyl sites for hydroxylation is 1. The Morgan fingerprint density at radius 2 is 2.00 bits per heavy atom. The number of carboxylic acids is 1. The van der Waals surface area contributed by atoms with E-state index in [1.165, 1.54) is 0 Å². The van der Waals surface area contributed by atoms with Crippen LogP contribution in [0.1, 0.15) is 42.9 Å². The maximum atomic E-state index is 12.0. The molecule has 2 N–H and O–H groups in total. The van der Waals surface area contributed by atoms with Crippen LogP contribution in [0.25, 0.3) is 0 Å². The second-order valence-electron chi connectivity index (χ2n) is 5.18. The minimum absolute atomic E-state index is 0.0216. The molecule has 4 nitrogen and oxygen atoms in total. The van der Waals surface area contributed by atoms with Crippen LogP contribution in [0.3, 0.4) is 0 Å². The Labute approximate surface area is 112 Å². The molecule has 19 heavy (non-hydrogen) atoms. The fourth-order valence-corrected chi connectivity index (χ4v) is 2.59. The van der Waals surface area contributed by atoms with E-state index in [0.717, 1.165) is 31.2 Å². The topological polar surface area (TPSA) is 66.4 Å². The van der Waals surface area contributed by atoms with Gasteiger partial charge in [-0.15, -0.1) is 0 Å². The van der Waals surface area contributed by atoms with Crippen molar-refractivity contribution < 1.29 is 14.7 Å². The lowest BCUT2D eigenvalue weighted by Crippen LogP contribution is -2.37. The van der Waals surface area contributed by atoms with Gasteiger partial charge < -0.3 is 10.4 Å². The molecule has 1 aliphatic rings. The highest BCUT2D eigenvalue weighted by atomic mass is 16.4. The van der Waals surface area contributed by atoms with E-state index in [0.29, 0.717) is 5.56 Å². The highest BCUT2D eigenvalue weighted by Crippen LogP contribution is 2.26. The molecule has 1 aromatic rings. The number of benzene rings is 1. The van der Waals surface area contributed by atoms with E-state index >= 15 is 0 Å². The zero-order valence-corrected chi connectivity index (χ0v) is 11.1. The van der Waals surface area contributed by atoms with Crippen LogP contribution in [0.4, 0.5) is 0 Å². The Morgan fingerprint density at radius 1 is 1.32 bits per heavy atom. The predicted molar refractivity (Wildman–Crippen MR) is 71.7 cm³/mol. The third-order valence-electron chi connectivity index (χ3n) is 3.63. The molecule has 0 radical (unpaired) electrons. The minimum atomic E-state index is -1.02. The molecule has 0 spiro atoms. The summed E-state index contributed by atoms with van der Waals surface area (Å²) in [5, 5.41) is 12.0. The van der Waals surface area contributed by atoms with Gasteiger partial charge in [0.05, 0.1) is 0 Å². The lowest BCUT2D eigenvalue weighted by Gasteiger charge is -2.18. The van der Waals surface area contributed by atoms with Gasteiger partial charge in [-0.1, -0.05) is 42.7 Å². The summed E-state index contributed by atoms with van der Waals surface area (Å²) in [5.74, 6) is -1.17. The summed E-state index contributed by atoms with van der Waals surface area (Å²) < 4.78 is 0. The summed E-state index contributed by atoms with van der Waals surface area (Å²) in [6, 6.07) is 6.30. The lowest BCUT2D eigenvalue weighted by molar-refractivity contribution is -0.142. The van der Waals surface area contributed by atoms with Crippen LogP contribution in [0.15, 0.2) is 24.3 Å². The first kappa shape index (κ1) is 13.6. The molecule has 1 aromatic carbocycles. The number of carbonyl (C=O) groups excluding carboxylic acids is 1. The zero-order chi connectivity index (χ0) is 13.8. The van der Waals surface area contributed by atoms with Crippen molar-refractivity contribution in [2.24, 2.45) is 5.92 Å². The Morgan fingerprint density at radius 3 is 2.58 bits per heavy atom. The standard InChI is InChI=1S/C15H19NO3/c1-10-5-4-8-12(9-10)13(15(18)19)16-14(17)11-6-2-3-7-11/h4-5,8-9,11,13H,2-3,6-7H2,1H3,(H,16,17)(H,18,19). The predicted octanol–water partition coefficient (Wildman–Crippen LogP) is 2.43. The molecule has 102 valence electrons. The van der Waals surface area contributed by atoms with Crippen LogP contribution in [0.5, 0.6) is 0 Å². The first-order valence-corrected chi connectivity index (χ1v) is 6.67. The third-order valence-corrected chi connectivity index (χ3v) is 3.63. The zero-order valence-electron chi connectivity index (χ0n) is 11.1. The molecule has 4 heteroatoms. The van der Waals surface area contributed by atoms with Crippen LogP contribution in [0, 0.1) is 12.8 Å². The molecule has 0 saturated heterocycles. The minimum Gasteiger partial charge on any atom is -0.479 e. The van der Waals surface area contributed by atoms with Gasteiger partial charge in [-0.05, 0) is 25.3 Å². The molecular formula is C15H19NO3. The summed E-state index contributed by atoms with van der Waals surface area (Å²) in [6.45, 7) is 1.90. The number of hydrogen-bond acceptors (Lipinski definition) is 2.